The standard InChI is InChI=1S/C22H30O7/c1-12(28-4)8-14-17(25)13-9-15(24)20-21(2,10-29-11-23)6-5-7-22(20,3)16(13)19(27)18(14)26/h9,11-12,15,20,24-25,27H,5-8,10H2,1-4H3/t12?,15-,20+,21-,22-/m1/s1. The van der Waals surface area contributed by atoms with Crippen LogP contribution in [0.1, 0.15) is 46.5 Å². The second kappa shape index (κ2) is 7.61. The van der Waals surface area contributed by atoms with Gasteiger partial charge >= 0.3 is 0 Å². The third kappa shape index (κ3) is 3.30. The van der Waals surface area contributed by atoms with Crippen molar-refractivity contribution in [3.63, 3.8) is 0 Å². The Bertz CT molecular complexity index is 808. The number of methoxy groups -OCH3 is 1. The van der Waals surface area contributed by atoms with Crippen LogP contribution in [-0.2, 0) is 19.1 Å². The Balaban J connectivity index is 2.14. The van der Waals surface area contributed by atoms with Crippen molar-refractivity contribution in [1.29, 1.82) is 0 Å². The first-order chi connectivity index (χ1) is 13.6. The number of hydrogen-bond acceptors (Lipinski definition) is 7. The number of ether oxygens (including phenoxy) is 2. The van der Waals surface area contributed by atoms with E-state index in [-0.39, 0.29) is 42.1 Å². The number of Topliss-reactive ketones (excluding diaryl/α,β-unsaturated/α-hetero) is 1. The number of allylic oxidation sites excluding steroid dienone is 2. The molecule has 1 saturated carbocycles. The first-order valence-corrected chi connectivity index (χ1v) is 10.00. The van der Waals surface area contributed by atoms with E-state index in [0.717, 1.165) is 12.8 Å². The van der Waals surface area contributed by atoms with Crippen LogP contribution >= 0.6 is 0 Å². The van der Waals surface area contributed by atoms with Crippen LogP contribution in [0, 0.1) is 16.7 Å². The van der Waals surface area contributed by atoms with Crippen LogP contribution in [0.2, 0.25) is 0 Å². The largest absolute Gasteiger partial charge is 0.507 e. The van der Waals surface area contributed by atoms with Crippen LogP contribution in [0.4, 0.5) is 0 Å². The first kappa shape index (κ1) is 21.6. The van der Waals surface area contributed by atoms with Gasteiger partial charge in [0.25, 0.3) is 6.47 Å². The lowest BCUT2D eigenvalue weighted by atomic mass is 9.48. The van der Waals surface area contributed by atoms with E-state index in [9.17, 15) is 24.9 Å². The van der Waals surface area contributed by atoms with Crippen molar-refractivity contribution in [3.8, 4) is 0 Å². The van der Waals surface area contributed by atoms with Crippen molar-refractivity contribution < 1.29 is 34.4 Å². The molecule has 0 aromatic carbocycles. The number of aliphatic hydroxyl groups is 3. The minimum atomic E-state index is -0.927. The van der Waals surface area contributed by atoms with Crippen molar-refractivity contribution in [1.82, 2.24) is 0 Å². The molecule has 3 rings (SSSR count). The van der Waals surface area contributed by atoms with Gasteiger partial charge in [0, 0.05) is 47.0 Å². The van der Waals surface area contributed by atoms with Crippen molar-refractivity contribution in [2.75, 3.05) is 13.7 Å². The third-order valence-electron chi connectivity index (χ3n) is 7.04. The summed E-state index contributed by atoms with van der Waals surface area (Å²) in [7, 11) is 1.51. The van der Waals surface area contributed by atoms with Gasteiger partial charge in [-0.25, -0.2) is 0 Å². The minimum absolute atomic E-state index is 0.0870. The monoisotopic (exact) mass is 406 g/mol. The van der Waals surface area contributed by atoms with E-state index in [0.29, 0.717) is 24.0 Å². The summed E-state index contributed by atoms with van der Waals surface area (Å²) < 4.78 is 10.3. The van der Waals surface area contributed by atoms with Gasteiger partial charge in [0.15, 0.2) is 5.76 Å². The Morgan fingerprint density at radius 3 is 2.59 bits per heavy atom. The molecule has 3 N–H and O–H groups in total. The van der Waals surface area contributed by atoms with E-state index < -0.39 is 22.7 Å². The highest BCUT2D eigenvalue weighted by atomic mass is 16.5. The molecule has 1 fully saturated rings. The van der Waals surface area contributed by atoms with Crippen LogP contribution < -0.4 is 0 Å². The van der Waals surface area contributed by atoms with Crippen molar-refractivity contribution in [2.45, 2.75) is 58.7 Å². The fourth-order valence-corrected chi connectivity index (χ4v) is 5.74. The molecule has 3 aliphatic carbocycles. The fraction of sp³-hybridized carbons (Fsp3) is 0.636. The van der Waals surface area contributed by atoms with Crippen LogP contribution in [0.3, 0.4) is 0 Å². The van der Waals surface area contributed by atoms with Gasteiger partial charge in [0.1, 0.15) is 5.76 Å². The summed E-state index contributed by atoms with van der Waals surface area (Å²) in [5.74, 6) is -1.58. The molecule has 0 saturated heterocycles. The molecule has 160 valence electrons. The predicted octanol–water partition coefficient (Wildman–Crippen LogP) is 2.90. The van der Waals surface area contributed by atoms with Crippen LogP contribution in [0.15, 0.2) is 34.3 Å². The highest BCUT2D eigenvalue weighted by molar-refractivity contribution is 6.10. The molecule has 0 radical (unpaired) electrons. The summed E-state index contributed by atoms with van der Waals surface area (Å²) in [4.78, 5) is 23.7. The zero-order valence-corrected chi connectivity index (χ0v) is 17.4. The fourth-order valence-electron chi connectivity index (χ4n) is 5.74. The Kier molecular flexibility index (Phi) is 5.66. The van der Waals surface area contributed by atoms with Crippen molar-refractivity contribution in [2.24, 2.45) is 16.7 Å². The quantitative estimate of drug-likeness (QED) is 0.581. The van der Waals surface area contributed by atoms with Gasteiger partial charge in [-0.2, -0.15) is 0 Å². The lowest BCUT2D eigenvalue weighted by Crippen LogP contribution is -2.55. The number of hydrogen-bond donors (Lipinski definition) is 3. The van der Waals surface area contributed by atoms with Crippen molar-refractivity contribution in [3.05, 3.63) is 34.3 Å². The minimum Gasteiger partial charge on any atom is -0.507 e. The van der Waals surface area contributed by atoms with Crippen LogP contribution in [0.5, 0.6) is 0 Å². The Labute approximate surface area is 170 Å². The summed E-state index contributed by atoms with van der Waals surface area (Å²) in [6, 6.07) is 0. The smallest absolute Gasteiger partial charge is 0.293 e. The molecule has 0 aromatic rings. The average Bonchev–Trinajstić information content (AvgIpc) is 2.67. The molecular weight excluding hydrogens is 376 g/mol. The number of rotatable bonds is 6. The third-order valence-corrected chi connectivity index (χ3v) is 7.04. The lowest BCUT2D eigenvalue weighted by Gasteiger charge is -2.56. The molecule has 0 aromatic heterocycles. The van der Waals surface area contributed by atoms with Gasteiger partial charge in [-0.1, -0.05) is 20.3 Å². The molecule has 1 unspecified atom stereocenters. The summed E-state index contributed by atoms with van der Waals surface area (Å²) >= 11 is 0. The van der Waals surface area contributed by atoms with Gasteiger partial charge < -0.3 is 24.8 Å². The number of carbonyl (C=O) groups is 2. The second-order valence-corrected chi connectivity index (χ2v) is 9.01. The van der Waals surface area contributed by atoms with Gasteiger partial charge in [0.05, 0.1) is 18.8 Å². The van der Waals surface area contributed by atoms with Gasteiger partial charge in [0.2, 0.25) is 5.78 Å². The van der Waals surface area contributed by atoms with Gasteiger partial charge in [-0.05, 0) is 25.8 Å². The first-order valence-electron chi connectivity index (χ1n) is 10.00. The molecule has 3 aliphatic rings. The van der Waals surface area contributed by atoms with E-state index in [1.165, 1.54) is 13.2 Å². The summed E-state index contributed by atoms with van der Waals surface area (Å²) in [5.41, 5.74) is -0.512. The molecule has 7 heteroatoms. The number of ketones is 1. The van der Waals surface area contributed by atoms with Crippen LogP contribution in [-0.4, -0.2) is 53.5 Å². The molecule has 7 nitrogen and oxygen atoms in total. The molecule has 0 aliphatic heterocycles. The maximum absolute atomic E-state index is 12.9. The molecule has 0 bridgehead atoms. The number of aliphatic hydroxyl groups excluding tert-OH is 3. The predicted molar refractivity (Wildman–Crippen MR) is 105 cm³/mol. The van der Waals surface area contributed by atoms with E-state index in [2.05, 4.69) is 0 Å². The van der Waals surface area contributed by atoms with E-state index >= 15 is 0 Å². The number of fused-ring (bicyclic) bond motifs is 3. The summed E-state index contributed by atoms with van der Waals surface area (Å²) in [5, 5.41) is 32.9. The second-order valence-electron chi connectivity index (χ2n) is 9.01. The van der Waals surface area contributed by atoms with Crippen LogP contribution in [0.25, 0.3) is 0 Å². The maximum Gasteiger partial charge on any atom is 0.293 e. The maximum atomic E-state index is 12.9. The van der Waals surface area contributed by atoms with Crippen molar-refractivity contribution >= 4 is 12.3 Å². The highest BCUT2D eigenvalue weighted by Gasteiger charge is 2.58. The zero-order valence-electron chi connectivity index (χ0n) is 17.4. The van der Waals surface area contributed by atoms with E-state index in [1.807, 2.05) is 13.8 Å². The Morgan fingerprint density at radius 2 is 1.97 bits per heavy atom. The molecule has 5 atom stereocenters. The zero-order chi connectivity index (χ0) is 21.6. The van der Waals surface area contributed by atoms with Gasteiger partial charge in [-0.3, -0.25) is 9.59 Å². The lowest BCUT2D eigenvalue weighted by molar-refractivity contribution is -0.141. The topological polar surface area (TPSA) is 113 Å². The summed E-state index contributed by atoms with van der Waals surface area (Å²) in [6.45, 7) is 6.15. The normalized spacial score (nSPS) is 35.6. The molecular formula is C22H30O7. The molecule has 0 heterocycles. The van der Waals surface area contributed by atoms with E-state index in [1.54, 1.807) is 6.92 Å². The number of carbonyl (C=O) groups excluding carboxylic acids is 2. The Hall–Kier alpha value is -2.12. The van der Waals surface area contributed by atoms with E-state index in [4.69, 9.17) is 9.47 Å². The molecule has 0 spiro atoms. The Morgan fingerprint density at radius 1 is 1.28 bits per heavy atom. The SMILES string of the molecule is COC(C)CC1=C(O)C2=C[C@@H](O)[C@H]3[C@@](C)(COC=O)CCC[C@]3(C)C2=C(O)C1=O. The molecule has 0 amide bonds. The average molecular weight is 406 g/mol. The molecule has 29 heavy (non-hydrogen) atoms. The van der Waals surface area contributed by atoms with Gasteiger partial charge in [-0.15, -0.1) is 0 Å². The summed E-state index contributed by atoms with van der Waals surface area (Å²) in [6.07, 6.45) is 2.56. The highest BCUT2D eigenvalue weighted by Crippen LogP contribution is 2.61.